The third-order valence-corrected chi connectivity index (χ3v) is 4.20. The molecule has 0 bridgehead atoms. The molecule has 0 saturated heterocycles. The van der Waals surface area contributed by atoms with E-state index in [1.807, 2.05) is 51.0 Å². The molecule has 5 heteroatoms. The maximum Gasteiger partial charge on any atom is 0.270 e. The van der Waals surface area contributed by atoms with E-state index in [2.05, 4.69) is 11.8 Å². The van der Waals surface area contributed by atoms with Gasteiger partial charge in [-0.05, 0) is 52.1 Å². The lowest BCUT2D eigenvalue weighted by Crippen LogP contribution is -2.53. The zero-order valence-electron chi connectivity index (χ0n) is 14.9. The first-order valence-corrected chi connectivity index (χ1v) is 8.31. The van der Waals surface area contributed by atoms with Crippen molar-refractivity contribution in [2.24, 2.45) is 5.73 Å². The number of rotatable bonds is 6. The second-order valence-corrected chi connectivity index (χ2v) is 6.99. The second-order valence-electron chi connectivity index (χ2n) is 6.99. The molecule has 128 valence electrons. The number of benzene rings is 1. The number of nitrogens with two attached hydrogens (primary N) is 1. The third kappa shape index (κ3) is 3.85. The van der Waals surface area contributed by atoms with Gasteiger partial charge in [0.2, 0.25) is 0 Å². The van der Waals surface area contributed by atoms with Crippen LogP contribution in [0.1, 0.15) is 45.2 Å². The fraction of sp³-hybridized carbons (Fsp3) is 0.611. The molecular formula is C18H29N3O2. The number of likely N-dealkylation sites (N-methyl/N-ethyl adjacent to an activating group) is 1. The number of carbonyl (C=O) groups is 1. The van der Waals surface area contributed by atoms with Gasteiger partial charge >= 0.3 is 0 Å². The van der Waals surface area contributed by atoms with Crippen molar-refractivity contribution in [3.63, 3.8) is 0 Å². The first-order valence-electron chi connectivity index (χ1n) is 8.31. The summed E-state index contributed by atoms with van der Waals surface area (Å²) in [4.78, 5) is 16.7. The van der Waals surface area contributed by atoms with E-state index in [9.17, 15) is 4.79 Å². The Hall–Kier alpha value is -1.59. The van der Waals surface area contributed by atoms with Crippen LogP contribution in [-0.4, -0.2) is 43.6 Å². The van der Waals surface area contributed by atoms with Crippen molar-refractivity contribution in [1.82, 2.24) is 4.90 Å². The van der Waals surface area contributed by atoms with Gasteiger partial charge in [0.15, 0.2) is 5.60 Å². The van der Waals surface area contributed by atoms with E-state index in [1.54, 1.807) is 0 Å². The Morgan fingerprint density at radius 1 is 1.35 bits per heavy atom. The molecule has 1 unspecified atom stereocenters. The Labute approximate surface area is 139 Å². The van der Waals surface area contributed by atoms with Crippen LogP contribution in [0.4, 0.5) is 5.69 Å². The van der Waals surface area contributed by atoms with Crippen LogP contribution >= 0.6 is 0 Å². The molecule has 0 radical (unpaired) electrons. The van der Waals surface area contributed by atoms with Crippen molar-refractivity contribution in [1.29, 1.82) is 0 Å². The Kier molecular flexibility index (Phi) is 5.32. The van der Waals surface area contributed by atoms with Gasteiger partial charge in [0, 0.05) is 19.1 Å². The Bertz CT molecular complexity index is 569. The van der Waals surface area contributed by atoms with E-state index in [1.165, 1.54) is 0 Å². The van der Waals surface area contributed by atoms with E-state index < -0.39 is 5.60 Å². The highest BCUT2D eigenvalue weighted by Gasteiger charge is 2.40. The van der Waals surface area contributed by atoms with Gasteiger partial charge in [0.1, 0.15) is 5.75 Å². The van der Waals surface area contributed by atoms with Crippen LogP contribution in [0, 0.1) is 0 Å². The highest BCUT2D eigenvalue weighted by atomic mass is 16.5. The van der Waals surface area contributed by atoms with Crippen molar-refractivity contribution >= 4 is 11.6 Å². The van der Waals surface area contributed by atoms with Crippen molar-refractivity contribution in [3.8, 4) is 5.75 Å². The number of carbonyl (C=O) groups excluding carboxylic acids is 1. The molecule has 1 aromatic carbocycles. The maximum atomic E-state index is 12.8. The normalized spacial score (nSPS) is 17.9. The van der Waals surface area contributed by atoms with Crippen molar-refractivity contribution in [2.45, 2.75) is 45.3 Å². The topological polar surface area (TPSA) is 58.8 Å². The average molecular weight is 319 g/mol. The standard InChI is InChI=1S/C18H29N3O2/c1-6-7-14(19)13-8-9-16-15(12-13)21(11-10-20(4)5)17(22)18(2,3)23-16/h8-9,12,14H,6-7,10-11,19H2,1-5H3. The van der Waals surface area contributed by atoms with Crippen LogP contribution in [0.25, 0.3) is 0 Å². The molecule has 1 heterocycles. The molecule has 0 fully saturated rings. The average Bonchev–Trinajstić information content (AvgIpc) is 2.47. The van der Waals surface area contributed by atoms with Crippen LogP contribution in [0.3, 0.4) is 0 Å². The minimum atomic E-state index is -0.841. The summed E-state index contributed by atoms with van der Waals surface area (Å²) in [7, 11) is 4.01. The molecular weight excluding hydrogens is 290 g/mol. The van der Waals surface area contributed by atoms with Gasteiger partial charge in [0.05, 0.1) is 5.69 Å². The van der Waals surface area contributed by atoms with Gasteiger partial charge in [-0.2, -0.15) is 0 Å². The fourth-order valence-electron chi connectivity index (χ4n) is 2.81. The number of anilines is 1. The molecule has 1 atom stereocenters. The lowest BCUT2D eigenvalue weighted by Gasteiger charge is -2.39. The van der Waals surface area contributed by atoms with E-state index in [-0.39, 0.29) is 11.9 Å². The summed E-state index contributed by atoms with van der Waals surface area (Å²) in [5, 5.41) is 0. The third-order valence-electron chi connectivity index (χ3n) is 4.20. The lowest BCUT2D eigenvalue weighted by atomic mass is 9.99. The predicted octanol–water partition coefficient (Wildman–Crippen LogP) is 2.55. The highest BCUT2D eigenvalue weighted by molar-refractivity contribution is 6.02. The maximum absolute atomic E-state index is 12.8. The summed E-state index contributed by atoms with van der Waals surface area (Å²) in [5.74, 6) is 0.744. The van der Waals surface area contributed by atoms with Crippen molar-refractivity contribution in [2.75, 3.05) is 32.1 Å². The molecule has 1 aromatic rings. The SMILES string of the molecule is CCCC(N)c1ccc2c(c1)N(CCN(C)C)C(=O)C(C)(C)O2. The number of amides is 1. The molecule has 2 rings (SSSR count). The molecule has 0 aromatic heterocycles. The molecule has 1 amide bonds. The van der Waals surface area contributed by atoms with E-state index in [4.69, 9.17) is 10.5 Å². The van der Waals surface area contributed by atoms with Crippen LogP contribution in [0.15, 0.2) is 18.2 Å². The molecule has 2 N–H and O–H groups in total. The smallest absolute Gasteiger partial charge is 0.270 e. The largest absolute Gasteiger partial charge is 0.476 e. The van der Waals surface area contributed by atoms with Gasteiger partial charge in [0.25, 0.3) is 5.91 Å². The summed E-state index contributed by atoms with van der Waals surface area (Å²) >= 11 is 0. The van der Waals surface area contributed by atoms with Crippen LogP contribution in [0.2, 0.25) is 0 Å². The Balaban J connectivity index is 2.38. The summed E-state index contributed by atoms with van der Waals surface area (Å²) in [6.45, 7) is 7.19. The fourth-order valence-corrected chi connectivity index (χ4v) is 2.81. The molecule has 0 saturated carbocycles. The molecule has 23 heavy (non-hydrogen) atoms. The quantitative estimate of drug-likeness (QED) is 0.875. The zero-order valence-corrected chi connectivity index (χ0v) is 14.9. The summed E-state index contributed by atoms with van der Waals surface area (Å²) in [6.07, 6.45) is 1.96. The second kappa shape index (κ2) is 6.89. The summed E-state index contributed by atoms with van der Waals surface area (Å²) in [6, 6.07) is 5.95. The van der Waals surface area contributed by atoms with Crippen LogP contribution in [-0.2, 0) is 4.79 Å². The summed E-state index contributed by atoms with van der Waals surface area (Å²) < 4.78 is 5.92. The molecule has 1 aliphatic rings. The predicted molar refractivity (Wildman–Crippen MR) is 93.9 cm³/mol. The lowest BCUT2D eigenvalue weighted by molar-refractivity contribution is -0.132. The highest BCUT2D eigenvalue weighted by Crippen LogP contribution is 2.39. The first kappa shape index (κ1) is 17.8. The van der Waals surface area contributed by atoms with Crippen LogP contribution in [0.5, 0.6) is 5.75 Å². The van der Waals surface area contributed by atoms with Gasteiger partial charge in [-0.25, -0.2) is 0 Å². The van der Waals surface area contributed by atoms with Gasteiger partial charge in [-0.15, -0.1) is 0 Å². The number of hydrogen-bond donors (Lipinski definition) is 1. The van der Waals surface area contributed by atoms with Gasteiger partial charge in [-0.3, -0.25) is 4.79 Å². The monoisotopic (exact) mass is 319 g/mol. The number of hydrogen-bond acceptors (Lipinski definition) is 4. The van der Waals surface area contributed by atoms with E-state index in [0.29, 0.717) is 6.54 Å². The van der Waals surface area contributed by atoms with Crippen molar-refractivity contribution < 1.29 is 9.53 Å². The van der Waals surface area contributed by atoms with Gasteiger partial charge in [-0.1, -0.05) is 19.4 Å². The van der Waals surface area contributed by atoms with E-state index >= 15 is 0 Å². The van der Waals surface area contributed by atoms with Crippen molar-refractivity contribution in [3.05, 3.63) is 23.8 Å². The zero-order chi connectivity index (χ0) is 17.2. The molecule has 0 aliphatic carbocycles. The van der Waals surface area contributed by atoms with Crippen LogP contribution < -0.4 is 15.4 Å². The number of nitrogens with zero attached hydrogens (tertiary/aromatic N) is 2. The van der Waals surface area contributed by atoms with E-state index in [0.717, 1.165) is 36.4 Å². The Morgan fingerprint density at radius 3 is 2.65 bits per heavy atom. The minimum absolute atomic E-state index is 0.00642. The molecule has 1 aliphatic heterocycles. The molecule has 5 nitrogen and oxygen atoms in total. The van der Waals surface area contributed by atoms with Gasteiger partial charge < -0.3 is 20.3 Å². The Morgan fingerprint density at radius 2 is 2.04 bits per heavy atom. The minimum Gasteiger partial charge on any atom is -0.476 e. The number of ether oxygens (including phenoxy) is 1. The molecule has 0 spiro atoms. The summed E-state index contributed by atoms with van der Waals surface area (Å²) in [5.41, 5.74) is 7.29. The number of fused-ring (bicyclic) bond motifs is 1. The first-order chi connectivity index (χ1) is 10.8.